The third-order valence-corrected chi connectivity index (χ3v) is 3.93. The molecule has 0 N–H and O–H groups in total. The topological polar surface area (TPSA) is 43.4 Å². The molecule has 0 aromatic heterocycles. The number of hydrogen-bond donors (Lipinski definition) is 0. The first-order valence-electron chi connectivity index (χ1n) is 8.63. The van der Waals surface area contributed by atoms with E-state index in [0.717, 1.165) is 64.2 Å². The van der Waals surface area contributed by atoms with Crippen molar-refractivity contribution in [1.82, 2.24) is 0 Å². The number of ether oxygens (including phenoxy) is 1. The predicted molar refractivity (Wildman–Crippen MR) is 85.1 cm³/mol. The molecule has 1 rings (SSSR count). The highest BCUT2D eigenvalue weighted by Gasteiger charge is 2.12. The van der Waals surface area contributed by atoms with Crippen LogP contribution in [0.1, 0.15) is 84.0 Å². The minimum absolute atomic E-state index is 0.120. The number of unbranched alkanes of at least 4 members (excludes halogenated alkanes) is 2. The normalized spacial score (nSPS) is 22.6. The Morgan fingerprint density at radius 1 is 1.00 bits per heavy atom. The van der Waals surface area contributed by atoms with Crippen LogP contribution in [-0.4, -0.2) is 17.9 Å². The van der Waals surface area contributed by atoms with Crippen molar-refractivity contribution >= 4 is 11.8 Å². The monoisotopic (exact) mass is 294 g/mol. The Kier molecular flexibility index (Phi) is 9.84. The highest BCUT2D eigenvalue weighted by atomic mass is 16.5. The molecule has 1 unspecified atom stereocenters. The van der Waals surface area contributed by atoms with Gasteiger partial charge >= 0.3 is 5.97 Å². The number of esters is 1. The lowest BCUT2D eigenvalue weighted by molar-refractivity contribution is -0.147. The second-order valence-electron chi connectivity index (χ2n) is 5.97. The first kappa shape index (κ1) is 17.9. The third-order valence-electron chi connectivity index (χ3n) is 3.93. The van der Waals surface area contributed by atoms with Crippen molar-refractivity contribution in [3.63, 3.8) is 0 Å². The number of hydrogen-bond acceptors (Lipinski definition) is 3. The fourth-order valence-electron chi connectivity index (χ4n) is 2.59. The fraction of sp³-hybridized carbons (Fsp3) is 0.778. The molecule has 0 aromatic carbocycles. The molecule has 1 aliphatic rings. The van der Waals surface area contributed by atoms with Crippen molar-refractivity contribution in [3.05, 3.63) is 12.2 Å². The number of carbonyl (C=O) groups is 2. The number of cyclic esters (lactones) is 1. The summed E-state index contributed by atoms with van der Waals surface area (Å²) in [6.07, 6.45) is 14.8. The summed E-state index contributed by atoms with van der Waals surface area (Å²) in [5.41, 5.74) is 0. The molecule has 1 heterocycles. The molecule has 0 spiro atoms. The molecule has 120 valence electrons. The van der Waals surface area contributed by atoms with Crippen LogP contribution in [0.4, 0.5) is 0 Å². The molecule has 0 saturated carbocycles. The van der Waals surface area contributed by atoms with Crippen molar-refractivity contribution in [2.24, 2.45) is 0 Å². The maximum atomic E-state index is 11.8. The van der Waals surface area contributed by atoms with E-state index in [1.54, 1.807) is 12.2 Å². The Labute approximate surface area is 129 Å². The quantitative estimate of drug-likeness (QED) is 0.555. The maximum Gasteiger partial charge on any atom is 0.306 e. The molecule has 0 amide bonds. The summed E-state index contributed by atoms with van der Waals surface area (Å²) in [5.74, 6) is 0.0363. The molecule has 0 aromatic rings. The molecule has 3 nitrogen and oxygen atoms in total. The van der Waals surface area contributed by atoms with E-state index in [4.69, 9.17) is 4.74 Å². The molecule has 3 heteroatoms. The molecular weight excluding hydrogens is 264 g/mol. The first-order valence-corrected chi connectivity index (χ1v) is 8.63. The fourth-order valence-corrected chi connectivity index (χ4v) is 2.59. The van der Waals surface area contributed by atoms with Crippen LogP contribution >= 0.6 is 0 Å². The zero-order valence-corrected chi connectivity index (χ0v) is 13.4. The molecule has 21 heavy (non-hydrogen) atoms. The van der Waals surface area contributed by atoms with Crippen LogP contribution in [0.15, 0.2) is 12.2 Å². The molecule has 1 atom stereocenters. The molecule has 0 radical (unpaired) electrons. The Bertz CT molecular complexity index is 333. The highest BCUT2D eigenvalue weighted by molar-refractivity contribution is 5.89. The van der Waals surface area contributed by atoms with Gasteiger partial charge in [0, 0.05) is 12.8 Å². The van der Waals surface area contributed by atoms with Gasteiger partial charge in [-0.25, -0.2) is 0 Å². The lowest BCUT2D eigenvalue weighted by atomic mass is 10.0. The standard InChI is InChI=1S/C18H30O3/c1-2-3-8-12-17-15-14-16(19)11-9-6-4-5-7-10-13-18(20)21-17/h14-15,17H,2-13H2,1H3. The van der Waals surface area contributed by atoms with Gasteiger partial charge in [-0.1, -0.05) is 45.4 Å². The first-order chi connectivity index (χ1) is 10.2. The predicted octanol–water partition coefficient (Wildman–Crippen LogP) is 4.74. The van der Waals surface area contributed by atoms with Crippen LogP contribution in [-0.2, 0) is 14.3 Å². The summed E-state index contributed by atoms with van der Waals surface area (Å²) >= 11 is 0. The van der Waals surface area contributed by atoms with Crippen molar-refractivity contribution < 1.29 is 14.3 Å². The van der Waals surface area contributed by atoms with Gasteiger partial charge in [-0.3, -0.25) is 9.59 Å². The van der Waals surface area contributed by atoms with Crippen molar-refractivity contribution in [1.29, 1.82) is 0 Å². The molecule has 0 aliphatic carbocycles. The van der Waals surface area contributed by atoms with Crippen LogP contribution < -0.4 is 0 Å². The SMILES string of the molecule is CCCCCC1C=CC(=O)CCCCCCCCC(=O)O1. The summed E-state index contributed by atoms with van der Waals surface area (Å²) in [7, 11) is 0. The Hall–Kier alpha value is -1.12. The number of carbonyl (C=O) groups excluding carboxylic acids is 2. The van der Waals surface area contributed by atoms with Gasteiger partial charge in [-0.2, -0.15) is 0 Å². The summed E-state index contributed by atoms with van der Waals surface area (Å²) in [6, 6.07) is 0. The van der Waals surface area contributed by atoms with Crippen molar-refractivity contribution in [2.45, 2.75) is 90.1 Å². The molecule has 0 fully saturated rings. The Morgan fingerprint density at radius 2 is 1.67 bits per heavy atom. The Morgan fingerprint density at radius 3 is 2.38 bits per heavy atom. The smallest absolute Gasteiger partial charge is 0.306 e. The zero-order valence-electron chi connectivity index (χ0n) is 13.4. The number of allylic oxidation sites excluding steroid dienone is 1. The van der Waals surface area contributed by atoms with Gasteiger partial charge in [0.1, 0.15) is 6.10 Å². The second kappa shape index (κ2) is 11.5. The van der Waals surface area contributed by atoms with Gasteiger partial charge in [0.25, 0.3) is 0 Å². The van der Waals surface area contributed by atoms with E-state index in [1.807, 2.05) is 0 Å². The maximum absolute atomic E-state index is 11.8. The van der Waals surface area contributed by atoms with Crippen LogP contribution in [0.5, 0.6) is 0 Å². The molecule has 1 aliphatic heterocycles. The van der Waals surface area contributed by atoms with Gasteiger partial charge < -0.3 is 4.74 Å². The van der Waals surface area contributed by atoms with Crippen LogP contribution in [0.25, 0.3) is 0 Å². The van der Waals surface area contributed by atoms with E-state index in [1.165, 1.54) is 0 Å². The van der Waals surface area contributed by atoms with E-state index in [9.17, 15) is 9.59 Å². The lowest BCUT2D eigenvalue weighted by Crippen LogP contribution is -2.16. The number of ketones is 1. The Balaban J connectivity index is 2.55. The summed E-state index contributed by atoms with van der Waals surface area (Å²) in [6.45, 7) is 2.15. The van der Waals surface area contributed by atoms with E-state index in [-0.39, 0.29) is 17.9 Å². The average Bonchev–Trinajstić information content (AvgIpc) is 2.46. The zero-order chi connectivity index (χ0) is 15.3. The van der Waals surface area contributed by atoms with E-state index in [0.29, 0.717) is 12.8 Å². The summed E-state index contributed by atoms with van der Waals surface area (Å²) < 4.78 is 5.51. The van der Waals surface area contributed by atoms with Gasteiger partial charge in [-0.05, 0) is 37.8 Å². The van der Waals surface area contributed by atoms with E-state index >= 15 is 0 Å². The lowest BCUT2D eigenvalue weighted by Gasteiger charge is -2.14. The van der Waals surface area contributed by atoms with E-state index in [2.05, 4.69) is 6.92 Å². The summed E-state index contributed by atoms with van der Waals surface area (Å²) in [4.78, 5) is 23.6. The molecule has 0 bridgehead atoms. The van der Waals surface area contributed by atoms with Crippen LogP contribution in [0, 0.1) is 0 Å². The second-order valence-corrected chi connectivity index (χ2v) is 5.97. The molecular formula is C18H30O3. The number of rotatable bonds is 4. The highest BCUT2D eigenvalue weighted by Crippen LogP contribution is 2.14. The van der Waals surface area contributed by atoms with E-state index < -0.39 is 0 Å². The van der Waals surface area contributed by atoms with Gasteiger partial charge in [0.05, 0.1) is 0 Å². The van der Waals surface area contributed by atoms with Gasteiger partial charge in [0.2, 0.25) is 0 Å². The van der Waals surface area contributed by atoms with Gasteiger partial charge in [-0.15, -0.1) is 0 Å². The average molecular weight is 294 g/mol. The minimum atomic E-state index is -0.226. The van der Waals surface area contributed by atoms with Crippen LogP contribution in [0.3, 0.4) is 0 Å². The minimum Gasteiger partial charge on any atom is -0.458 e. The third kappa shape index (κ3) is 9.43. The summed E-state index contributed by atoms with van der Waals surface area (Å²) in [5, 5.41) is 0. The van der Waals surface area contributed by atoms with Crippen LogP contribution in [0.2, 0.25) is 0 Å². The van der Waals surface area contributed by atoms with Crippen molar-refractivity contribution in [3.8, 4) is 0 Å². The van der Waals surface area contributed by atoms with Gasteiger partial charge in [0.15, 0.2) is 5.78 Å². The largest absolute Gasteiger partial charge is 0.458 e. The van der Waals surface area contributed by atoms with Crippen molar-refractivity contribution in [2.75, 3.05) is 0 Å². The molecule has 0 saturated heterocycles.